The number of pyridine rings is 1. The first-order valence-corrected chi connectivity index (χ1v) is 13.5. The molecule has 0 amide bonds. The lowest BCUT2D eigenvalue weighted by Crippen LogP contribution is -2.43. The molecule has 0 radical (unpaired) electrons. The second-order valence-electron chi connectivity index (χ2n) is 9.61. The van der Waals surface area contributed by atoms with E-state index >= 15 is 0 Å². The largest absolute Gasteiger partial charge is 0.497 e. The maximum absolute atomic E-state index is 10.1. The fraction of sp³-hybridized carbons (Fsp3) is 0.654. The van der Waals surface area contributed by atoms with E-state index in [-0.39, 0.29) is 12.6 Å². The number of hydrogen-bond donors (Lipinski definition) is 3. The molecule has 0 spiro atoms. The van der Waals surface area contributed by atoms with Crippen LogP contribution < -0.4 is 10.2 Å². The molecule has 1 aromatic heterocycles. The lowest BCUT2D eigenvalue weighted by atomic mass is 9.81. The Balaban J connectivity index is 1.32. The number of thioether (sulfide) groups is 1. The summed E-state index contributed by atoms with van der Waals surface area (Å²) in [7, 11) is 1.66. The van der Waals surface area contributed by atoms with Gasteiger partial charge in [0.05, 0.1) is 18.7 Å². The van der Waals surface area contributed by atoms with E-state index in [9.17, 15) is 10.3 Å². The number of ether oxygens (including phenoxy) is 1. The van der Waals surface area contributed by atoms with E-state index < -0.39 is 0 Å². The SMILES string of the molecule is COc1ccc2nccc([C@H](CC[C@@H]3CCN(CCSC4CCCC4)C[C@@H]3CO)NO)c2c1. The van der Waals surface area contributed by atoms with Crippen molar-refractivity contribution >= 4 is 22.7 Å². The van der Waals surface area contributed by atoms with E-state index in [2.05, 4.69) is 27.1 Å². The number of nitrogens with one attached hydrogen (secondary N) is 1. The van der Waals surface area contributed by atoms with Crippen LogP contribution in [0.5, 0.6) is 5.75 Å². The molecule has 1 aromatic carbocycles. The van der Waals surface area contributed by atoms with Crippen LogP contribution in [0.2, 0.25) is 0 Å². The topological polar surface area (TPSA) is 77.9 Å². The Bertz CT molecular complexity index is 877. The number of likely N-dealkylation sites (tertiary alicyclic amines) is 1. The zero-order valence-electron chi connectivity index (χ0n) is 19.8. The van der Waals surface area contributed by atoms with Gasteiger partial charge in [-0.25, -0.2) is 0 Å². The van der Waals surface area contributed by atoms with Gasteiger partial charge in [-0.05, 0) is 80.3 Å². The standard InChI is InChI=1S/C26H39N3O3S/c1-32-21-7-9-25-24(16-21)23(10-12-27-25)26(28-31)8-6-19-11-13-29(17-20(19)18-30)14-15-33-22-4-2-3-5-22/h7,9-10,12,16,19-20,22,26,28,30-31H,2-6,8,11,13-15,17-18H2,1H3/t19-,20-,26+/m1/s1. The first-order valence-electron chi connectivity index (χ1n) is 12.5. The fourth-order valence-electron chi connectivity index (χ4n) is 5.60. The van der Waals surface area contributed by atoms with Crippen LogP contribution in [0.3, 0.4) is 0 Å². The quantitative estimate of drug-likeness (QED) is 0.410. The number of hydrogen-bond acceptors (Lipinski definition) is 7. The normalized spacial score (nSPS) is 23.2. The molecule has 2 aliphatic rings. The van der Waals surface area contributed by atoms with Crippen LogP contribution in [0.1, 0.15) is 56.6 Å². The van der Waals surface area contributed by atoms with Gasteiger partial charge in [0.2, 0.25) is 0 Å². The minimum absolute atomic E-state index is 0.178. The molecular formula is C26H39N3O3S. The molecule has 2 aromatic rings. The second kappa shape index (κ2) is 12.4. The molecule has 0 bridgehead atoms. The number of nitrogens with zero attached hydrogens (tertiary/aromatic N) is 2. The minimum Gasteiger partial charge on any atom is -0.497 e. The molecule has 33 heavy (non-hydrogen) atoms. The van der Waals surface area contributed by atoms with Crippen molar-refractivity contribution in [3.8, 4) is 5.75 Å². The third kappa shape index (κ3) is 6.40. The van der Waals surface area contributed by atoms with Crippen molar-refractivity contribution in [2.45, 2.75) is 56.2 Å². The fourth-order valence-corrected chi connectivity index (χ4v) is 6.96. The monoisotopic (exact) mass is 473 g/mol. The molecule has 2 heterocycles. The van der Waals surface area contributed by atoms with Crippen LogP contribution in [0.25, 0.3) is 10.9 Å². The predicted molar refractivity (Wildman–Crippen MR) is 135 cm³/mol. The third-order valence-electron chi connectivity index (χ3n) is 7.61. The maximum Gasteiger partial charge on any atom is 0.119 e. The van der Waals surface area contributed by atoms with Gasteiger partial charge in [0.1, 0.15) is 5.75 Å². The summed E-state index contributed by atoms with van der Waals surface area (Å²) in [5.41, 5.74) is 4.46. The molecule has 2 fully saturated rings. The molecule has 1 aliphatic heterocycles. The summed E-state index contributed by atoms with van der Waals surface area (Å²) in [6.45, 7) is 3.47. The number of rotatable bonds is 11. The van der Waals surface area contributed by atoms with Gasteiger partial charge in [-0.2, -0.15) is 17.2 Å². The molecular weight excluding hydrogens is 434 g/mol. The Labute approximate surface area is 202 Å². The molecule has 0 unspecified atom stereocenters. The maximum atomic E-state index is 10.1. The van der Waals surface area contributed by atoms with E-state index in [1.54, 1.807) is 13.3 Å². The van der Waals surface area contributed by atoms with Crippen LogP contribution in [0, 0.1) is 11.8 Å². The Hall–Kier alpha value is -1.38. The highest BCUT2D eigenvalue weighted by Crippen LogP contribution is 2.34. The molecule has 3 N–H and O–H groups in total. The highest BCUT2D eigenvalue weighted by Gasteiger charge is 2.29. The molecule has 1 saturated carbocycles. The van der Waals surface area contributed by atoms with Gasteiger partial charge >= 0.3 is 0 Å². The number of piperidine rings is 1. The number of hydroxylamine groups is 1. The first-order chi connectivity index (χ1) is 16.2. The van der Waals surface area contributed by atoms with Crippen molar-refractivity contribution in [3.63, 3.8) is 0 Å². The van der Waals surface area contributed by atoms with Crippen molar-refractivity contribution in [1.82, 2.24) is 15.4 Å². The number of aliphatic hydroxyl groups excluding tert-OH is 1. The highest BCUT2D eigenvalue weighted by atomic mass is 32.2. The Morgan fingerprint density at radius 3 is 2.82 bits per heavy atom. The van der Waals surface area contributed by atoms with Gasteiger partial charge in [0.15, 0.2) is 0 Å². The highest BCUT2D eigenvalue weighted by molar-refractivity contribution is 7.99. The molecule has 1 aliphatic carbocycles. The van der Waals surface area contributed by atoms with E-state index in [1.165, 1.54) is 31.4 Å². The van der Waals surface area contributed by atoms with Gasteiger partial charge in [-0.15, -0.1) is 0 Å². The Kier molecular flexibility index (Phi) is 9.26. The van der Waals surface area contributed by atoms with Crippen molar-refractivity contribution in [2.24, 2.45) is 11.8 Å². The summed E-state index contributed by atoms with van der Waals surface area (Å²) in [4.78, 5) is 7.01. The van der Waals surface area contributed by atoms with Crippen LogP contribution >= 0.6 is 11.8 Å². The predicted octanol–water partition coefficient (Wildman–Crippen LogP) is 4.65. The Morgan fingerprint density at radius 2 is 2.06 bits per heavy atom. The van der Waals surface area contributed by atoms with Crippen LogP contribution in [-0.4, -0.2) is 64.6 Å². The summed E-state index contributed by atoms with van der Waals surface area (Å²) >= 11 is 2.15. The average molecular weight is 474 g/mol. The molecule has 182 valence electrons. The van der Waals surface area contributed by atoms with Crippen molar-refractivity contribution in [3.05, 3.63) is 36.0 Å². The number of aromatic nitrogens is 1. The molecule has 7 heteroatoms. The molecule has 4 rings (SSSR count). The van der Waals surface area contributed by atoms with Gasteiger partial charge < -0.3 is 20.0 Å². The van der Waals surface area contributed by atoms with Gasteiger partial charge in [-0.3, -0.25) is 4.98 Å². The lowest BCUT2D eigenvalue weighted by Gasteiger charge is -2.38. The second-order valence-corrected chi connectivity index (χ2v) is 11.0. The molecule has 1 saturated heterocycles. The van der Waals surface area contributed by atoms with E-state index in [4.69, 9.17) is 4.74 Å². The van der Waals surface area contributed by atoms with E-state index in [0.717, 1.165) is 66.4 Å². The zero-order valence-corrected chi connectivity index (χ0v) is 20.6. The Morgan fingerprint density at radius 1 is 1.21 bits per heavy atom. The van der Waals surface area contributed by atoms with Crippen molar-refractivity contribution in [1.29, 1.82) is 0 Å². The molecule has 6 nitrogen and oxygen atoms in total. The van der Waals surface area contributed by atoms with Crippen LogP contribution in [0.4, 0.5) is 0 Å². The van der Waals surface area contributed by atoms with Crippen molar-refractivity contribution < 1.29 is 15.1 Å². The lowest BCUT2D eigenvalue weighted by molar-refractivity contribution is 0.0626. The number of methoxy groups -OCH3 is 1. The number of fused-ring (bicyclic) bond motifs is 1. The van der Waals surface area contributed by atoms with Crippen LogP contribution in [0.15, 0.2) is 30.5 Å². The zero-order chi connectivity index (χ0) is 23.0. The summed E-state index contributed by atoms with van der Waals surface area (Å²) in [5.74, 6) is 2.78. The average Bonchev–Trinajstić information content (AvgIpc) is 3.38. The van der Waals surface area contributed by atoms with E-state index in [0.29, 0.717) is 11.8 Å². The van der Waals surface area contributed by atoms with Gasteiger partial charge in [0.25, 0.3) is 0 Å². The van der Waals surface area contributed by atoms with Crippen molar-refractivity contribution in [2.75, 3.05) is 39.1 Å². The molecule has 3 atom stereocenters. The summed E-state index contributed by atoms with van der Waals surface area (Å²) in [5, 5.41) is 22.0. The number of benzene rings is 1. The summed E-state index contributed by atoms with van der Waals surface area (Å²) in [6.07, 6.45) is 10.3. The smallest absolute Gasteiger partial charge is 0.119 e. The third-order valence-corrected chi connectivity index (χ3v) is 8.97. The van der Waals surface area contributed by atoms with Gasteiger partial charge in [0, 0.05) is 42.3 Å². The summed E-state index contributed by atoms with van der Waals surface area (Å²) < 4.78 is 5.40. The number of aliphatic hydroxyl groups is 1. The minimum atomic E-state index is -0.178. The van der Waals surface area contributed by atoms with Gasteiger partial charge in [-0.1, -0.05) is 12.8 Å². The first kappa shape index (κ1) is 24.7. The summed E-state index contributed by atoms with van der Waals surface area (Å²) in [6, 6.07) is 7.65. The van der Waals surface area contributed by atoms with Crippen LogP contribution in [-0.2, 0) is 0 Å². The van der Waals surface area contributed by atoms with E-state index in [1.807, 2.05) is 24.3 Å².